The van der Waals surface area contributed by atoms with Gasteiger partial charge in [-0.05, 0) is 67.9 Å². The third-order valence-electron chi connectivity index (χ3n) is 4.37. The number of aryl methyl sites for hydroxylation is 1. The molecule has 146 valence electrons. The summed E-state index contributed by atoms with van der Waals surface area (Å²) in [5.74, 6) is 1.41. The van der Waals surface area contributed by atoms with Crippen LogP contribution in [0.5, 0.6) is 11.5 Å². The minimum Gasteiger partial charge on any atom is -0.457 e. The fraction of sp³-hybridized carbons (Fsp3) is 0.130. The first-order chi connectivity index (χ1) is 14.1. The number of nitrogens with one attached hydrogen (secondary N) is 2. The molecule has 2 N–H and O–H groups in total. The molecule has 29 heavy (non-hydrogen) atoms. The number of benzene rings is 3. The summed E-state index contributed by atoms with van der Waals surface area (Å²) in [5, 5.41) is 3.38. The highest BCUT2D eigenvalue weighted by Gasteiger charge is 2.17. The summed E-state index contributed by atoms with van der Waals surface area (Å²) in [7, 11) is 0. The van der Waals surface area contributed by atoms with Gasteiger partial charge in [-0.1, -0.05) is 36.0 Å². The van der Waals surface area contributed by atoms with Gasteiger partial charge < -0.3 is 15.0 Å². The van der Waals surface area contributed by atoms with Crippen molar-refractivity contribution in [3.8, 4) is 11.5 Å². The Morgan fingerprint density at radius 3 is 2.52 bits per heavy atom. The average Bonchev–Trinajstić information content (AvgIpc) is 3.11. The van der Waals surface area contributed by atoms with Crippen LogP contribution < -0.4 is 10.1 Å². The molecular formula is C23H21N3O2S. The number of para-hydroxylation sites is 1. The van der Waals surface area contributed by atoms with Gasteiger partial charge >= 0.3 is 0 Å². The van der Waals surface area contributed by atoms with Crippen LogP contribution in [-0.2, 0) is 4.79 Å². The molecule has 0 fully saturated rings. The fourth-order valence-electron chi connectivity index (χ4n) is 2.85. The van der Waals surface area contributed by atoms with Gasteiger partial charge in [-0.2, -0.15) is 0 Å². The van der Waals surface area contributed by atoms with Gasteiger partial charge in [-0.3, -0.25) is 4.79 Å². The molecule has 0 aliphatic carbocycles. The van der Waals surface area contributed by atoms with Gasteiger partial charge in [0.2, 0.25) is 5.91 Å². The Morgan fingerprint density at radius 2 is 1.76 bits per heavy atom. The number of carbonyl (C=O) groups excluding carboxylic acids is 1. The zero-order chi connectivity index (χ0) is 20.2. The van der Waals surface area contributed by atoms with Gasteiger partial charge in [0.05, 0.1) is 16.3 Å². The van der Waals surface area contributed by atoms with Crippen molar-refractivity contribution < 1.29 is 9.53 Å². The lowest BCUT2D eigenvalue weighted by Gasteiger charge is -2.11. The molecule has 1 heterocycles. The summed E-state index contributed by atoms with van der Waals surface area (Å²) >= 11 is 1.40. The molecule has 0 aliphatic rings. The Hall–Kier alpha value is -3.25. The summed E-state index contributed by atoms with van der Waals surface area (Å²) in [4.78, 5) is 20.4. The molecule has 3 aromatic carbocycles. The molecular weight excluding hydrogens is 382 g/mol. The zero-order valence-electron chi connectivity index (χ0n) is 16.2. The maximum absolute atomic E-state index is 12.6. The van der Waals surface area contributed by atoms with E-state index in [0.717, 1.165) is 27.6 Å². The largest absolute Gasteiger partial charge is 0.457 e. The number of carbonyl (C=O) groups is 1. The molecule has 0 bridgehead atoms. The highest BCUT2D eigenvalue weighted by Crippen LogP contribution is 2.26. The number of rotatable bonds is 6. The lowest BCUT2D eigenvalue weighted by Crippen LogP contribution is -2.22. The van der Waals surface area contributed by atoms with Gasteiger partial charge in [0.25, 0.3) is 0 Å². The molecule has 1 aromatic heterocycles. The molecule has 0 spiro atoms. The lowest BCUT2D eigenvalue weighted by atomic mass is 10.2. The van der Waals surface area contributed by atoms with Crippen LogP contribution in [0, 0.1) is 6.92 Å². The smallest absolute Gasteiger partial charge is 0.237 e. The van der Waals surface area contributed by atoms with Crippen LogP contribution in [0.25, 0.3) is 11.0 Å². The van der Waals surface area contributed by atoms with Gasteiger partial charge in [0.15, 0.2) is 5.16 Å². The number of ether oxygens (including phenoxy) is 1. The van der Waals surface area contributed by atoms with Crippen molar-refractivity contribution >= 4 is 34.4 Å². The zero-order valence-corrected chi connectivity index (χ0v) is 17.0. The van der Waals surface area contributed by atoms with Crippen molar-refractivity contribution in [2.75, 3.05) is 5.32 Å². The summed E-state index contributed by atoms with van der Waals surface area (Å²) in [6.07, 6.45) is 0. The second-order valence-corrected chi connectivity index (χ2v) is 8.08. The van der Waals surface area contributed by atoms with E-state index in [0.29, 0.717) is 5.75 Å². The average molecular weight is 404 g/mol. The van der Waals surface area contributed by atoms with Crippen LogP contribution in [0.4, 0.5) is 5.69 Å². The number of anilines is 1. The maximum Gasteiger partial charge on any atom is 0.237 e. The van der Waals surface area contributed by atoms with E-state index < -0.39 is 0 Å². The first kappa shape index (κ1) is 19.1. The van der Waals surface area contributed by atoms with E-state index >= 15 is 0 Å². The molecule has 4 aromatic rings. The fourth-order valence-corrected chi connectivity index (χ4v) is 3.67. The van der Waals surface area contributed by atoms with Crippen LogP contribution in [0.3, 0.4) is 0 Å². The predicted octanol–water partition coefficient (Wildman–Crippen LogP) is 5.78. The van der Waals surface area contributed by atoms with Crippen molar-refractivity contribution in [2.24, 2.45) is 0 Å². The summed E-state index contributed by atoms with van der Waals surface area (Å²) in [6, 6.07) is 23.0. The molecule has 6 heteroatoms. The normalized spacial score (nSPS) is 11.9. The Kier molecular flexibility index (Phi) is 5.53. The highest BCUT2D eigenvalue weighted by atomic mass is 32.2. The van der Waals surface area contributed by atoms with Gasteiger partial charge in [0, 0.05) is 5.69 Å². The van der Waals surface area contributed by atoms with Gasteiger partial charge in [0.1, 0.15) is 11.5 Å². The number of thioether (sulfide) groups is 1. The van der Waals surface area contributed by atoms with Crippen LogP contribution in [0.1, 0.15) is 12.5 Å². The summed E-state index contributed by atoms with van der Waals surface area (Å²) < 4.78 is 5.77. The number of amides is 1. The highest BCUT2D eigenvalue weighted by molar-refractivity contribution is 8.00. The molecule has 0 aliphatic heterocycles. The summed E-state index contributed by atoms with van der Waals surface area (Å²) in [6.45, 7) is 3.91. The third kappa shape index (κ3) is 4.78. The minimum atomic E-state index is -0.295. The number of fused-ring (bicyclic) bond motifs is 1. The Morgan fingerprint density at radius 1 is 1.03 bits per heavy atom. The number of nitrogens with zero attached hydrogens (tertiary/aromatic N) is 1. The van der Waals surface area contributed by atoms with Crippen LogP contribution >= 0.6 is 11.8 Å². The molecule has 0 radical (unpaired) electrons. The maximum atomic E-state index is 12.6. The molecule has 4 rings (SSSR count). The number of aromatic amines is 1. The molecule has 0 saturated heterocycles. The first-order valence-electron chi connectivity index (χ1n) is 9.34. The minimum absolute atomic E-state index is 0.0802. The van der Waals surface area contributed by atoms with Crippen LogP contribution in [-0.4, -0.2) is 21.1 Å². The van der Waals surface area contributed by atoms with E-state index in [1.807, 2.05) is 80.6 Å². The number of aromatic nitrogens is 2. The van der Waals surface area contributed by atoms with Crippen molar-refractivity contribution in [3.05, 3.63) is 78.4 Å². The number of hydrogen-bond donors (Lipinski definition) is 2. The van der Waals surface area contributed by atoms with E-state index in [1.54, 1.807) is 0 Å². The van der Waals surface area contributed by atoms with E-state index in [1.165, 1.54) is 17.3 Å². The van der Waals surface area contributed by atoms with Crippen LogP contribution in [0.2, 0.25) is 0 Å². The van der Waals surface area contributed by atoms with Crippen molar-refractivity contribution in [1.29, 1.82) is 0 Å². The molecule has 0 saturated carbocycles. The second kappa shape index (κ2) is 8.41. The van der Waals surface area contributed by atoms with E-state index in [9.17, 15) is 4.79 Å². The molecule has 1 atom stereocenters. The lowest BCUT2D eigenvalue weighted by molar-refractivity contribution is -0.115. The van der Waals surface area contributed by atoms with E-state index in [2.05, 4.69) is 21.4 Å². The predicted molar refractivity (Wildman–Crippen MR) is 118 cm³/mol. The molecule has 5 nitrogen and oxygen atoms in total. The van der Waals surface area contributed by atoms with E-state index in [-0.39, 0.29) is 11.2 Å². The van der Waals surface area contributed by atoms with E-state index in [4.69, 9.17) is 4.74 Å². The second-order valence-electron chi connectivity index (χ2n) is 6.75. The summed E-state index contributed by atoms with van der Waals surface area (Å²) in [5.41, 5.74) is 3.78. The quantitative estimate of drug-likeness (QED) is 0.400. The Bertz CT molecular complexity index is 1120. The Balaban J connectivity index is 1.36. The number of hydrogen-bond acceptors (Lipinski definition) is 4. The number of H-pyrrole nitrogens is 1. The monoisotopic (exact) mass is 403 g/mol. The Labute approximate surface area is 173 Å². The number of imidazole rings is 1. The first-order valence-corrected chi connectivity index (χ1v) is 10.2. The SMILES string of the molecule is Cc1ccc2nc(SC(C)C(=O)Nc3ccc(Oc4ccccc4)cc3)[nH]c2c1. The topological polar surface area (TPSA) is 67.0 Å². The van der Waals surface area contributed by atoms with Gasteiger partial charge in [-0.25, -0.2) is 4.98 Å². The standard InChI is InChI=1S/C23H21N3O2S/c1-15-8-13-20-21(14-15)26-23(25-20)29-16(2)22(27)24-17-9-11-19(12-10-17)28-18-6-4-3-5-7-18/h3-14,16H,1-2H3,(H,24,27)(H,25,26). The molecule has 1 amide bonds. The van der Waals surface area contributed by atoms with Crippen molar-refractivity contribution in [2.45, 2.75) is 24.3 Å². The van der Waals surface area contributed by atoms with Crippen molar-refractivity contribution in [1.82, 2.24) is 9.97 Å². The molecule has 1 unspecified atom stereocenters. The van der Waals surface area contributed by atoms with Crippen molar-refractivity contribution in [3.63, 3.8) is 0 Å². The third-order valence-corrected chi connectivity index (χ3v) is 5.36. The van der Waals surface area contributed by atoms with Crippen LogP contribution in [0.15, 0.2) is 78.0 Å². The van der Waals surface area contributed by atoms with Gasteiger partial charge in [-0.15, -0.1) is 0 Å².